The predicted octanol–water partition coefficient (Wildman–Crippen LogP) is 3.73. The average Bonchev–Trinajstić information content (AvgIpc) is 3.18. The van der Waals surface area contributed by atoms with Gasteiger partial charge in [0.15, 0.2) is 11.5 Å². The molecule has 1 fully saturated rings. The first-order valence-corrected chi connectivity index (χ1v) is 6.91. The zero-order valence-electron chi connectivity index (χ0n) is 10.8. The highest BCUT2D eigenvalue weighted by Crippen LogP contribution is 2.37. The van der Waals surface area contributed by atoms with Crippen LogP contribution < -0.4 is 14.8 Å². The molecule has 2 rings (SSSR count). The maximum atomic E-state index is 6.22. The van der Waals surface area contributed by atoms with Crippen molar-refractivity contribution in [3.63, 3.8) is 0 Å². The van der Waals surface area contributed by atoms with Crippen LogP contribution in [0.15, 0.2) is 23.7 Å². The minimum atomic E-state index is 0.206. The summed E-state index contributed by atoms with van der Waals surface area (Å²) < 4.78 is 10.8. The molecule has 0 saturated heterocycles. The minimum absolute atomic E-state index is 0.206. The van der Waals surface area contributed by atoms with Crippen LogP contribution in [0.25, 0.3) is 0 Å². The third-order valence-electron chi connectivity index (χ3n) is 2.83. The highest BCUT2D eigenvalue weighted by molar-refractivity contribution is 6.32. The molecule has 0 aromatic heterocycles. The summed E-state index contributed by atoms with van der Waals surface area (Å²) in [6, 6.07) is 4.46. The van der Waals surface area contributed by atoms with E-state index in [1.165, 1.54) is 12.8 Å². The van der Waals surface area contributed by atoms with Gasteiger partial charge in [-0.15, -0.1) is 0 Å². The van der Waals surface area contributed by atoms with Crippen LogP contribution >= 0.6 is 23.2 Å². The van der Waals surface area contributed by atoms with Gasteiger partial charge in [-0.2, -0.15) is 0 Å². The Morgan fingerprint density at radius 1 is 1.47 bits per heavy atom. The fourth-order valence-electron chi connectivity index (χ4n) is 1.72. The molecule has 1 aliphatic rings. The number of methoxy groups -OCH3 is 1. The number of ether oxygens (including phenoxy) is 2. The van der Waals surface area contributed by atoms with Crippen molar-refractivity contribution in [2.45, 2.75) is 25.4 Å². The van der Waals surface area contributed by atoms with Crippen LogP contribution in [0.4, 0.5) is 0 Å². The zero-order chi connectivity index (χ0) is 13.8. The molecule has 19 heavy (non-hydrogen) atoms. The quantitative estimate of drug-likeness (QED) is 0.832. The Morgan fingerprint density at radius 3 is 2.79 bits per heavy atom. The standard InChI is InChI=1S/C14H17Cl2NO2/c1-9(15)8-19-14-12(16)5-10(6-13(14)18-2)7-17-11-3-4-11/h5-6,11,17H,1,3-4,7-8H2,2H3. The van der Waals surface area contributed by atoms with Crippen molar-refractivity contribution < 1.29 is 9.47 Å². The number of halogens is 2. The normalized spacial score (nSPS) is 14.3. The third-order valence-corrected chi connectivity index (χ3v) is 3.22. The average molecular weight is 302 g/mol. The van der Waals surface area contributed by atoms with E-state index in [1.807, 2.05) is 12.1 Å². The van der Waals surface area contributed by atoms with Gasteiger partial charge in [-0.3, -0.25) is 0 Å². The van der Waals surface area contributed by atoms with Crippen molar-refractivity contribution in [1.29, 1.82) is 0 Å². The van der Waals surface area contributed by atoms with E-state index in [0.717, 1.165) is 12.1 Å². The van der Waals surface area contributed by atoms with Crippen LogP contribution in [-0.2, 0) is 6.54 Å². The van der Waals surface area contributed by atoms with Gasteiger partial charge in [0.1, 0.15) is 6.61 Å². The summed E-state index contributed by atoms with van der Waals surface area (Å²) in [5, 5.41) is 4.36. The second kappa shape index (κ2) is 6.51. The molecular weight excluding hydrogens is 285 g/mol. The fraction of sp³-hybridized carbons (Fsp3) is 0.429. The second-order valence-electron chi connectivity index (χ2n) is 4.57. The number of rotatable bonds is 7. The SMILES string of the molecule is C=C(Cl)COc1c(Cl)cc(CNC2CC2)cc1OC. The molecule has 0 unspecified atom stereocenters. The van der Waals surface area contributed by atoms with E-state index in [-0.39, 0.29) is 6.61 Å². The van der Waals surface area contributed by atoms with E-state index in [1.54, 1.807) is 7.11 Å². The molecule has 0 spiro atoms. The molecule has 1 aromatic rings. The topological polar surface area (TPSA) is 30.5 Å². The van der Waals surface area contributed by atoms with E-state index in [0.29, 0.717) is 27.6 Å². The molecule has 104 valence electrons. The lowest BCUT2D eigenvalue weighted by Crippen LogP contribution is -2.15. The summed E-state index contributed by atoms with van der Waals surface area (Å²) in [6.07, 6.45) is 2.51. The van der Waals surface area contributed by atoms with Gasteiger partial charge < -0.3 is 14.8 Å². The summed E-state index contributed by atoms with van der Waals surface area (Å²) in [7, 11) is 1.59. The third kappa shape index (κ3) is 4.30. The van der Waals surface area contributed by atoms with Gasteiger partial charge in [0, 0.05) is 17.6 Å². The van der Waals surface area contributed by atoms with Crippen molar-refractivity contribution in [3.8, 4) is 11.5 Å². The van der Waals surface area contributed by atoms with Gasteiger partial charge in [-0.25, -0.2) is 0 Å². The first kappa shape index (κ1) is 14.5. The molecule has 0 amide bonds. The highest BCUT2D eigenvalue weighted by Gasteiger charge is 2.20. The molecule has 0 aliphatic heterocycles. The number of benzene rings is 1. The molecule has 0 atom stereocenters. The molecule has 0 bridgehead atoms. The Bertz CT molecular complexity index is 473. The van der Waals surface area contributed by atoms with E-state index in [9.17, 15) is 0 Å². The molecule has 0 radical (unpaired) electrons. The first-order chi connectivity index (χ1) is 9.10. The van der Waals surface area contributed by atoms with Gasteiger partial charge in [0.2, 0.25) is 0 Å². The van der Waals surface area contributed by atoms with Crippen LogP contribution in [0.1, 0.15) is 18.4 Å². The van der Waals surface area contributed by atoms with Gasteiger partial charge in [0.05, 0.1) is 12.1 Å². The van der Waals surface area contributed by atoms with E-state index < -0.39 is 0 Å². The lowest BCUT2D eigenvalue weighted by atomic mass is 10.2. The minimum Gasteiger partial charge on any atom is -0.493 e. The van der Waals surface area contributed by atoms with Crippen LogP contribution in [0.2, 0.25) is 5.02 Å². The van der Waals surface area contributed by atoms with Gasteiger partial charge >= 0.3 is 0 Å². The van der Waals surface area contributed by atoms with Crippen molar-refractivity contribution >= 4 is 23.2 Å². The number of nitrogens with one attached hydrogen (secondary N) is 1. The van der Waals surface area contributed by atoms with Gasteiger partial charge in [-0.1, -0.05) is 29.8 Å². The molecule has 3 nitrogen and oxygen atoms in total. The molecule has 5 heteroatoms. The van der Waals surface area contributed by atoms with E-state index >= 15 is 0 Å². The Kier molecular flexibility index (Phi) is 4.97. The van der Waals surface area contributed by atoms with Crippen LogP contribution in [0.3, 0.4) is 0 Å². The van der Waals surface area contributed by atoms with E-state index in [2.05, 4.69) is 11.9 Å². The Hall–Kier alpha value is -0.900. The van der Waals surface area contributed by atoms with Crippen LogP contribution in [-0.4, -0.2) is 19.8 Å². The zero-order valence-corrected chi connectivity index (χ0v) is 12.4. The number of hydrogen-bond donors (Lipinski definition) is 1. The summed E-state index contributed by atoms with van der Waals surface area (Å²) in [6.45, 7) is 4.56. The number of hydrogen-bond acceptors (Lipinski definition) is 3. The van der Waals surface area contributed by atoms with Crippen molar-refractivity contribution in [1.82, 2.24) is 5.32 Å². The van der Waals surface area contributed by atoms with E-state index in [4.69, 9.17) is 32.7 Å². The summed E-state index contributed by atoms with van der Waals surface area (Å²) in [4.78, 5) is 0. The highest BCUT2D eigenvalue weighted by atomic mass is 35.5. The van der Waals surface area contributed by atoms with Gasteiger partial charge in [-0.05, 0) is 30.5 Å². The smallest absolute Gasteiger partial charge is 0.180 e. The fourth-order valence-corrected chi connectivity index (χ4v) is 2.06. The summed E-state index contributed by atoms with van der Waals surface area (Å²) >= 11 is 11.9. The molecule has 1 aromatic carbocycles. The summed E-state index contributed by atoms with van der Waals surface area (Å²) in [5.41, 5.74) is 1.07. The van der Waals surface area contributed by atoms with Crippen LogP contribution in [0.5, 0.6) is 11.5 Å². The lowest BCUT2D eigenvalue weighted by Gasteiger charge is -2.14. The van der Waals surface area contributed by atoms with Crippen molar-refractivity contribution in [3.05, 3.63) is 34.3 Å². The maximum Gasteiger partial charge on any atom is 0.180 e. The Morgan fingerprint density at radius 2 is 2.21 bits per heavy atom. The Labute approximate surface area is 123 Å². The molecule has 1 saturated carbocycles. The molecule has 0 heterocycles. The lowest BCUT2D eigenvalue weighted by molar-refractivity contribution is 0.324. The summed E-state index contributed by atoms with van der Waals surface area (Å²) in [5.74, 6) is 1.11. The Balaban J connectivity index is 2.10. The molecule has 1 N–H and O–H groups in total. The van der Waals surface area contributed by atoms with Crippen molar-refractivity contribution in [2.75, 3.05) is 13.7 Å². The molecular formula is C14H17Cl2NO2. The monoisotopic (exact) mass is 301 g/mol. The van der Waals surface area contributed by atoms with Crippen LogP contribution in [0, 0.1) is 0 Å². The predicted molar refractivity (Wildman–Crippen MR) is 78.4 cm³/mol. The first-order valence-electron chi connectivity index (χ1n) is 6.16. The molecule has 1 aliphatic carbocycles. The largest absolute Gasteiger partial charge is 0.493 e. The second-order valence-corrected chi connectivity index (χ2v) is 5.51. The maximum absolute atomic E-state index is 6.22. The van der Waals surface area contributed by atoms with Crippen molar-refractivity contribution in [2.24, 2.45) is 0 Å². The van der Waals surface area contributed by atoms with Gasteiger partial charge in [0.25, 0.3) is 0 Å².